The third kappa shape index (κ3) is 5.06. The van der Waals surface area contributed by atoms with Crippen molar-refractivity contribution in [3.63, 3.8) is 0 Å². The van der Waals surface area contributed by atoms with Crippen molar-refractivity contribution >= 4 is 17.5 Å². The fourth-order valence-corrected chi connectivity index (χ4v) is 2.69. The molecule has 27 heavy (non-hydrogen) atoms. The predicted molar refractivity (Wildman–Crippen MR) is 103 cm³/mol. The zero-order valence-corrected chi connectivity index (χ0v) is 15.9. The Hall–Kier alpha value is -2.89. The van der Waals surface area contributed by atoms with Gasteiger partial charge < -0.3 is 15.0 Å². The van der Waals surface area contributed by atoms with Crippen molar-refractivity contribution < 1.29 is 18.7 Å². The summed E-state index contributed by atoms with van der Waals surface area (Å²) in [5.41, 5.74) is 0.824. The number of para-hydroxylation sites is 2. The Morgan fingerprint density at radius 3 is 2.30 bits per heavy atom. The average Bonchev–Trinajstić information content (AvgIpc) is 2.68. The van der Waals surface area contributed by atoms with Crippen molar-refractivity contribution in [3.8, 4) is 5.75 Å². The first-order valence-corrected chi connectivity index (χ1v) is 9.12. The Morgan fingerprint density at radius 2 is 1.67 bits per heavy atom. The van der Waals surface area contributed by atoms with Gasteiger partial charge in [-0.15, -0.1) is 0 Å². The molecule has 1 N–H and O–H groups in total. The van der Waals surface area contributed by atoms with Gasteiger partial charge in [0.15, 0.2) is 17.7 Å². The molecule has 0 heterocycles. The Bertz CT molecular complexity index is 791. The second-order valence-electron chi connectivity index (χ2n) is 5.96. The summed E-state index contributed by atoms with van der Waals surface area (Å²) in [5, 5.41) is 2.75. The van der Waals surface area contributed by atoms with Crippen LogP contribution >= 0.6 is 0 Å². The van der Waals surface area contributed by atoms with Gasteiger partial charge >= 0.3 is 0 Å². The molecule has 5 nitrogen and oxygen atoms in total. The number of anilines is 1. The second-order valence-corrected chi connectivity index (χ2v) is 5.96. The summed E-state index contributed by atoms with van der Waals surface area (Å²) in [5.74, 6) is -1.09. The molecule has 1 atom stereocenters. The largest absolute Gasteiger partial charge is 0.478 e. The van der Waals surface area contributed by atoms with Gasteiger partial charge in [-0.2, -0.15) is 0 Å². The number of halogens is 1. The van der Waals surface area contributed by atoms with Gasteiger partial charge in [0.1, 0.15) is 0 Å². The fraction of sp³-hybridized carbons (Fsp3) is 0.333. The van der Waals surface area contributed by atoms with Gasteiger partial charge in [0.2, 0.25) is 0 Å². The number of amides is 2. The molecule has 144 valence electrons. The number of carbonyl (C=O) groups is 2. The normalized spacial score (nSPS) is 11.6. The van der Waals surface area contributed by atoms with Crippen LogP contribution in [-0.2, 0) is 4.79 Å². The molecule has 2 rings (SSSR count). The standard InChI is InChI=1S/C21H25FN2O3/c1-4-18(27-19-14-10-8-12-16(19)22)20(25)23-17-13-9-7-11-15(17)21(26)24(5-2)6-3/h7-14,18H,4-6H2,1-3H3,(H,23,25)/t18-/m0/s1. The van der Waals surface area contributed by atoms with Crippen LogP contribution in [0.1, 0.15) is 37.6 Å². The number of rotatable bonds is 8. The number of hydrogen-bond acceptors (Lipinski definition) is 3. The Balaban J connectivity index is 2.19. The van der Waals surface area contributed by atoms with Crippen LogP contribution in [0.25, 0.3) is 0 Å². The maximum Gasteiger partial charge on any atom is 0.265 e. The number of nitrogens with zero attached hydrogens (tertiary/aromatic N) is 1. The van der Waals surface area contributed by atoms with E-state index in [4.69, 9.17) is 4.74 Å². The second kappa shape index (κ2) is 9.71. The monoisotopic (exact) mass is 372 g/mol. The Labute approximate surface area is 159 Å². The van der Waals surface area contributed by atoms with E-state index in [0.29, 0.717) is 30.8 Å². The lowest BCUT2D eigenvalue weighted by molar-refractivity contribution is -0.122. The number of ether oxygens (including phenoxy) is 1. The summed E-state index contributed by atoms with van der Waals surface area (Å²) in [6.45, 7) is 6.73. The molecule has 0 unspecified atom stereocenters. The van der Waals surface area contributed by atoms with Crippen LogP contribution in [-0.4, -0.2) is 35.9 Å². The van der Waals surface area contributed by atoms with Crippen molar-refractivity contribution in [1.82, 2.24) is 4.90 Å². The topological polar surface area (TPSA) is 58.6 Å². The zero-order chi connectivity index (χ0) is 19.8. The van der Waals surface area contributed by atoms with Crippen LogP contribution in [0.15, 0.2) is 48.5 Å². The van der Waals surface area contributed by atoms with Gasteiger partial charge in [-0.25, -0.2) is 4.39 Å². The molecule has 2 aromatic carbocycles. The minimum Gasteiger partial charge on any atom is -0.478 e. The molecule has 2 aromatic rings. The SMILES string of the molecule is CC[C@H](Oc1ccccc1F)C(=O)Nc1ccccc1C(=O)N(CC)CC. The van der Waals surface area contributed by atoms with E-state index in [1.54, 1.807) is 48.2 Å². The summed E-state index contributed by atoms with van der Waals surface area (Å²) < 4.78 is 19.3. The molecule has 6 heteroatoms. The van der Waals surface area contributed by atoms with E-state index in [9.17, 15) is 14.0 Å². The van der Waals surface area contributed by atoms with Crippen LogP contribution in [0.3, 0.4) is 0 Å². The lowest BCUT2D eigenvalue weighted by atomic mass is 10.1. The molecule has 0 bridgehead atoms. The molecule has 0 aliphatic heterocycles. The van der Waals surface area contributed by atoms with Gasteiger partial charge in [0.25, 0.3) is 11.8 Å². The maximum atomic E-state index is 13.8. The first-order chi connectivity index (χ1) is 13.0. The molecule has 2 amide bonds. The highest BCUT2D eigenvalue weighted by atomic mass is 19.1. The number of carbonyl (C=O) groups excluding carboxylic acids is 2. The van der Waals surface area contributed by atoms with Crippen LogP contribution in [0.4, 0.5) is 10.1 Å². The van der Waals surface area contributed by atoms with E-state index in [0.717, 1.165) is 0 Å². The third-order valence-electron chi connectivity index (χ3n) is 4.24. The lowest BCUT2D eigenvalue weighted by Gasteiger charge is -2.22. The van der Waals surface area contributed by atoms with E-state index >= 15 is 0 Å². The summed E-state index contributed by atoms with van der Waals surface area (Å²) in [6, 6.07) is 12.8. The zero-order valence-electron chi connectivity index (χ0n) is 15.9. The van der Waals surface area contributed by atoms with Crippen LogP contribution < -0.4 is 10.1 Å². The minimum atomic E-state index is -0.876. The molecule has 0 radical (unpaired) electrons. The quantitative estimate of drug-likeness (QED) is 0.759. The van der Waals surface area contributed by atoms with E-state index in [-0.39, 0.29) is 11.7 Å². The summed E-state index contributed by atoms with van der Waals surface area (Å²) >= 11 is 0. The van der Waals surface area contributed by atoms with Gasteiger partial charge in [0, 0.05) is 13.1 Å². The van der Waals surface area contributed by atoms with E-state index in [1.807, 2.05) is 13.8 Å². The van der Waals surface area contributed by atoms with Crippen LogP contribution in [0.5, 0.6) is 5.75 Å². The molecule has 0 aliphatic rings. The maximum absolute atomic E-state index is 13.8. The smallest absolute Gasteiger partial charge is 0.265 e. The van der Waals surface area contributed by atoms with E-state index < -0.39 is 17.8 Å². The highest BCUT2D eigenvalue weighted by Crippen LogP contribution is 2.21. The average molecular weight is 372 g/mol. The van der Waals surface area contributed by atoms with Crippen molar-refractivity contribution in [1.29, 1.82) is 0 Å². The highest BCUT2D eigenvalue weighted by Gasteiger charge is 2.23. The molecular weight excluding hydrogens is 347 g/mol. The molecule has 0 saturated carbocycles. The molecule has 0 fully saturated rings. The lowest BCUT2D eigenvalue weighted by Crippen LogP contribution is -2.34. The van der Waals surface area contributed by atoms with Crippen molar-refractivity contribution in [2.75, 3.05) is 18.4 Å². The van der Waals surface area contributed by atoms with E-state index in [1.165, 1.54) is 12.1 Å². The van der Waals surface area contributed by atoms with Crippen molar-refractivity contribution in [2.45, 2.75) is 33.3 Å². The number of hydrogen-bond donors (Lipinski definition) is 1. The Morgan fingerprint density at radius 1 is 1.04 bits per heavy atom. The van der Waals surface area contributed by atoms with Gasteiger partial charge in [0.05, 0.1) is 11.3 Å². The molecular formula is C21H25FN2O3. The summed E-state index contributed by atoms with van der Waals surface area (Å²) in [4.78, 5) is 27.0. The fourth-order valence-electron chi connectivity index (χ4n) is 2.69. The van der Waals surface area contributed by atoms with Crippen LogP contribution in [0, 0.1) is 5.82 Å². The van der Waals surface area contributed by atoms with Gasteiger partial charge in [-0.3, -0.25) is 9.59 Å². The predicted octanol–water partition coefficient (Wildman–Crippen LogP) is 4.10. The van der Waals surface area contributed by atoms with E-state index in [2.05, 4.69) is 5.32 Å². The molecule has 0 aromatic heterocycles. The first-order valence-electron chi connectivity index (χ1n) is 9.12. The van der Waals surface area contributed by atoms with Crippen molar-refractivity contribution in [2.24, 2.45) is 0 Å². The number of benzene rings is 2. The van der Waals surface area contributed by atoms with Crippen molar-refractivity contribution in [3.05, 3.63) is 59.9 Å². The third-order valence-corrected chi connectivity index (χ3v) is 4.24. The molecule has 0 spiro atoms. The summed E-state index contributed by atoms with van der Waals surface area (Å²) in [6.07, 6.45) is -0.523. The molecule has 0 aliphatic carbocycles. The highest BCUT2D eigenvalue weighted by molar-refractivity contribution is 6.04. The molecule has 0 saturated heterocycles. The first kappa shape index (κ1) is 20.4. The van der Waals surface area contributed by atoms with Gasteiger partial charge in [-0.1, -0.05) is 31.2 Å². The summed E-state index contributed by atoms with van der Waals surface area (Å²) in [7, 11) is 0. The number of nitrogens with one attached hydrogen (secondary N) is 1. The van der Waals surface area contributed by atoms with Gasteiger partial charge in [-0.05, 0) is 44.5 Å². The minimum absolute atomic E-state index is 0.0204. The Kier molecular flexibility index (Phi) is 7.34. The van der Waals surface area contributed by atoms with Crippen LogP contribution in [0.2, 0.25) is 0 Å².